The van der Waals surface area contributed by atoms with Gasteiger partial charge in [0.15, 0.2) is 0 Å². The number of thiophene rings is 1. The molecule has 0 saturated heterocycles. The zero-order valence-corrected chi connectivity index (χ0v) is 13.7. The second-order valence-corrected chi connectivity index (χ2v) is 6.60. The highest BCUT2D eigenvalue weighted by atomic mass is 79.9. The lowest BCUT2D eigenvalue weighted by Gasteiger charge is -2.16. The van der Waals surface area contributed by atoms with E-state index in [1.807, 2.05) is 29.8 Å². The normalized spacial score (nSPS) is 12.0. The topological polar surface area (TPSA) is 48.7 Å². The average molecular weight is 358 g/mol. The fourth-order valence-electron chi connectivity index (χ4n) is 2.15. The van der Waals surface area contributed by atoms with E-state index < -0.39 is 0 Å². The second kappa shape index (κ2) is 5.84. The summed E-state index contributed by atoms with van der Waals surface area (Å²) in [6.45, 7) is 2.07. The highest BCUT2D eigenvalue weighted by Crippen LogP contribution is 2.27. The molecule has 0 spiro atoms. The van der Waals surface area contributed by atoms with E-state index in [0.717, 1.165) is 21.2 Å². The molecule has 0 aliphatic heterocycles. The van der Waals surface area contributed by atoms with E-state index in [1.54, 1.807) is 17.4 Å². The van der Waals surface area contributed by atoms with E-state index in [0.29, 0.717) is 5.56 Å². The van der Waals surface area contributed by atoms with Gasteiger partial charge in [-0.15, -0.1) is 11.3 Å². The third-order valence-electron chi connectivity index (χ3n) is 3.30. The minimum atomic E-state index is 0.0744. The van der Waals surface area contributed by atoms with E-state index in [2.05, 4.69) is 45.3 Å². The quantitative estimate of drug-likeness (QED) is 0.708. The van der Waals surface area contributed by atoms with Gasteiger partial charge in [-0.25, -0.2) is 0 Å². The molecule has 1 atom stereocenters. The Morgan fingerprint density at radius 3 is 3.00 bits per heavy atom. The molecule has 3 rings (SSSR count). The molecule has 3 nitrogen and oxygen atoms in total. The van der Waals surface area contributed by atoms with Crippen LogP contribution in [0.3, 0.4) is 0 Å². The Labute approximate surface area is 135 Å². The van der Waals surface area contributed by atoms with Gasteiger partial charge in [-0.2, -0.15) is 5.26 Å². The van der Waals surface area contributed by atoms with Gasteiger partial charge in [0.2, 0.25) is 0 Å². The molecule has 2 aromatic heterocycles. The van der Waals surface area contributed by atoms with Crippen molar-refractivity contribution < 1.29 is 0 Å². The Morgan fingerprint density at radius 2 is 2.19 bits per heavy atom. The number of nitrogens with zero attached hydrogens (tertiary/aromatic N) is 2. The Bertz CT molecular complexity index is 835. The van der Waals surface area contributed by atoms with Crippen molar-refractivity contribution in [2.24, 2.45) is 0 Å². The highest BCUT2D eigenvalue weighted by Gasteiger charge is 2.10. The predicted molar refractivity (Wildman–Crippen MR) is 90.5 cm³/mol. The predicted octanol–water partition coefficient (Wildman–Crippen LogP) is 5.10. The van der Waals surface area contributed by atoms with Crippen LogP contribution < -0.4 is 5.32 Å². The van der Waals surface area contributed by atoms with Gasteiger partial charge in [0.1, 0.15) is 6.07 Å². The van der Waals surface area contributed by atoms with Crippen LogP contribution in [0.25, 0.3) is 10.2 Å². The molecule has 0 bridgehead atoms. The van der Waals surface area contributed by atoms with Gasteiger partial charge in [-0.05, 0) is 48.2 Å². The van der Waals surface area contributed by atoms with Gasteiger partial charge < -0.3 is 5.32 Å². The molecule has 0 radical (unpaired) electrons. The molecule has 1 aromatic carbocycles. The Hall–Kier alpha value is -1.90. The van der Waals surface area contributed by atoms with Crippen molar-refractivity contribution in [3.8, 4) is 6.07 Å². The van der Waals surface area contributed by atoms with Crippen LogP contribution in [0.2, 0.25) is 0 Å². The van der Waals surface area contributed by atoms with E-state index in [-0.39, 0.29) is 6.04 Å². The first-order chi connectivity index (χ1) is 10.2. The first kappa shape index (κ1) is 14.1. The minimum Gasteiger partial charge on any atom is -0.377 e. The maximum Gasteiger partial charge on any atom is 0.101 e. The Kier molecular flexibility index (Phi) is 3.91. The molecular weight excluding hydrogens is 346 g/mol. The van der Waals surface area contributed by atoms with Crippen molar-refractivity contribution in [3.05, 3.63) is 57.5 Å². The van der Waals surface area contributed by atoms with Gasteiger partial charge in [-0.3, -0.25) is 4.98 Å². The summed E-state index contributed by atoms with van der Waals surface area (Å²) in [7, 11) is 0. The van der Waals surface area contributed by atoms with Gasteiger partial charge in [0, 0.05) is 10.7 Å². The molecule has 0 aliphatic carbocycles. The number of aromatic nitrogens is 1. The van der Waals surface area contributed by atoms with Crippen LogP contribution in [0.5, 0.6) is 0 Å². The molecule has 1 unspecified atom stereocenters. The number of nitrogens with one attached hydrogen (secondary N) is 1. The molecule has 0 aliphatic rings. The summed E-state index contributed by atoms with van der Waals surface area (Å²) in [5, 5.41) is 14.6. The van der Waals surface area contributed by atoms with E-state index in [4.69, 9.17) is 0 Å². The zero-order chi connectivity index (χ0) is 14.8. The molecule has 1 N–H and O–H groups in total. The molecule has 21 heavy (non-hydrogen) atoms. The van der Waals surface area contributed by atoms with Crippen LogP contribution in [-0.2, 0) is 0 Å². The van der Waals surface area contributed by atoms with E-state index in [9.17, 15) is 5.26 Å². The van der Waals surface area contributed by atoms with Crippen LogP contribution >= 0.6 is 27.3 Å². The lowest BCUT2D eigenvalue weighted by Crippen LogP contribution is -2.08. The summed E-state index contributed by atoms with van der Waals surface area (Å²) < 4.78 is 2.12. The number of nitriles is 1. The summed E-state index contributed by atoms with van der Waals surface area (Å²) in [5.41, 5.74) is 3.59. The molecule has 0 fully saturated rings. The maximum absolute atomic E-state index is 9.19. The standard InChI is InChI=1S/C16H12BrN3S/c1-10(12-6-16-14(19-9-12)4-5-21-16)20-15-7-13(17)3-2-11(15)8-18/h2-7,9-10,20H,1H3. The van der Waals surface area contributed by atoms with Crippen molar-refractivity contribution in [1.29, 1.82) is 5.26 Å². The number of anilines is 1. The molecule has 0 saturated carbocycles. The van der Waals surface area contributed by atoms with Crippen LogP contribution in [0.1, 0.15) is 24.1 Å². The van der Waals surface area contributed by atoms with Gasteiger partial charge in [-0.1, -0.05) is 15.9 Å². The van der Waals surface area contributed by atoms with Gasteiger partial charge >= 0.3 is 0 Å². The monoisotopic (exact) mass is 357 g/mol. The summed E-state index contributed by atoms with van der Waals surface area (Å²) in [5.74, 6) is 0. The number of pyridine rings is 1. The molecule has 3 aromatic rings. The lowest BCUT2D eigenvalue weighted by molar-refractivity contribution is 0.879. The fourth-order valence-corrected chi connectivity index (χ4v) is 3.30. The first-order valence-electron chi connectivity index (χ1n) is 6.46. The van der Waals surface area contributed by atoms with E-state index in [1.165, 1.54) is 4.70 Å². The molecule has 5 heteroatoms. The summed E-state index contributed by atoms with van der Waals surface area (Å²) in [6.07, 6.45) is 1.89. The Morgan fingerprint density at radius 1 is 1.33 bits per heavy atom. The van der Waals surface area contributed by atoms with Crippen molar-refractivity contribution in [2.75, 3.05) is 5.32 Å². The average Bonchev–Trinajstić information content (AvgIpc) is 2.94. The highest BCUT2D eigenvalue weighted by molar-refractivity contribution is 9.10. The number of halogens is 1. The second-order valence-electron chi connectivity index (χ2n) is 4.74. The number of rotatable bonds is 3. The Balaban J connectivity index is 1.90. The lowest BCUT2D eigenvalue weighted by atomic mass is 10.1. The van der Waals surface area contributed by atoms with Crippen molar-refractivity contribution in [2.45, 2.75) is 13.0 Å². The largest absolute Gasteiger partial charge is 0.377 e. The maximum atomic E-state index is 9.19. The summed E-state index contributed by atoms with van der Waals surface area (Å²) >= 11 is 5.12. The molecule has 0 amide bonds. The van der Waals surface area contributed by atoms with E-state index >= 15 is 0 Å². The van der Waals surface area contributed by atoms with Crippen molar-refractivity contribution in [1.82, 2.24) is 4.98 Å². The van der Waals surface area contributed by atoms with Crippen LogP contribution in [-0.4, -0.2) is 4.98 Å². The van der Waals surface area contributed by atoms with Crippen LogP contribution in [0.4, 0.5) is 5.69 Å². The summed E-state index contributed by atoms with van der Waals surface area (Å²) in [4.78, 5) is 4.46. The van der Waals surface area contributed by atoms with Gasteiger partial charge in [0.25, 0.3) is 0 Å². The van der Waals surface area contributed by atoms with Crippen molar-refractivity contribution >= 4 is 43.2 Å². The first-order valence-corrected chi connectivity index (χ1v) is 8.14. The number of hydrogen-bond donors (Lipinski definition) is 1. The number of hydrogen-bond acceptors (Lipinski definition) is 4. The number of benzene rings is 1. The minimum absolute atomic E-state index is 0.0744. The zero-order valence-electron chi connectivity index (χ0n) is 11.3. The van der Waals surface area contributed by atoms with Gasteiger partial charge in [0.05, 0.1) is 27.5 Å². The van der Waals surface area contributed by atoms with Crippen molar-refractivity contribution in [3.63, 3.8) is 0 Å². The molecular formula is C16H12BrN3S. The third kappa shape index (κ3) is 2.92. The molecule has 2 heterocycles. The van der Waals surface area contributed by atoms with Crippen LogP contribution in [0, 0.1) is 11.3 Å². The molecule has 104 valence electrons. The SMILES string of the molecule is CC(Nc1cc(Br)ccc1C#N)c1cnc2ccsc2c1. The van der Waals surface area contributed by atoms with Crippen LogP contribution in [0.15, 0.2) is 46.4 Å². The number of fused-ring (bicyclic) bond motifs is 1. The summed E-state index contributed by atoms with van der Waals surface area (Å²) in [6, 6.07) is 12.0. The smallest absolute Gasteiger partial charge is 0.101 e. The fraction of sp³-hybridized carbons (Fsp3) is 0.125. The third-order valence-corrected chi connectivity index (χ3v) is 4.64.